The summed E-state index contributed by atoms with van der Waals surface area (Å²) in [7, 11) is 0. The molecule has 2 bridgehead atoms. The summed E-state index contributed by atoms with van der Waals surface area (Å²) >= 11 is 0. The maximum atomic E-state index is 12.6. The van der Waals surface area contributed by atoms with E-state index in [-0.39, 0.29) is 23.4 Å². The molecule has 3 atom stereocenters. The zero-order valence-corrected chi connectivity index (χ0v) is 10.7. The smallest absolute Gasteiger partial charge is 0.326 e. The quantitative estimate of drug-likeness (QED) is 0.819. The molecule has 0 radical (unpaired) electrons. The fourth-order valence-corrected chi connectivity index (χ4v) is 3.09. The van der Waals surface area contributed by atoms with Gasteiger partial charge in [0, 0.05) is 11.6 Å². The Morgan fingerprint density at radius 1 is 1.20 bits per heavy atom. The minimum atomic E-state index is -4.39. The van der Waals surface area contributed by atoms with Crippen molar-refractivity contribution >= 4 is 11.6 Å². The number of fused-ring (bicyclic) bond motifs is 2. The van der Waals surface area contributed by atoms with Crippen LogP contribution in [0.15, 0.2) is 36.4 Å². The Balaban J connectivity index is 1.72. The summed E-state index contributed by atoms with van der Waals surface area (Å²) in [6, 6.07) is 4.76. The number of nitrogens with one attached hydrogen (secondary N) is 1. The molecule has 1 aromatic rings. The molecule has 1 fully saturated rings. The molecular formula is C15H14F3NO. The summed E-state index contributed by atoms with van der Waals surface area (Å²) in [5, 5.41) is 2.61. The second kappa shape index (κ2) is 4.65. The first-order valence-electron chi connectivity index (χ1n) is 6.60. The highest BCUT2D eigenvalue weighted by Gasteiger charge is 2.39. The summed E-state index contributed by atoms with van der Waals surface area (Å²) in [4.78, 5) is 12.1. The van der Waals surface area contributed by atoms with Crippen LogP contribution in [-0.2, 0) is 11.0 Å². The van der Waals surface area contributed by atoms with Crippen molar-refractivity contribution in [1.29, 1.82) is 0 Å². The highest BCUT2D eigenvalue weighted by Crippen LogP contribution is 2.43. The van der Waals surface area contributed by atoms with Crippen molar-refractivity contribution in [3.63, 3.8) is 0 Å². The lowest BCUT2D eigenvalue weighted by Crippen LogP contribution is -2.26. The molecule has 0 aliphatic heterocycles. The Kier molecular flexibility index (Phi) is 3.07. The van der Waals surface area contributed by atoms with Crippen molar-refractivity contribution in [2.24, 2.45) is 17.8 Å². The Hall–Kier alpha value is -1.78. The third-order valence-electron chi connectivity index (χ3n) is 4.07. The van der Waals surface area contributed by atoms with Crippen LogP contribution < -0.4 is 5.32 Å². The van der Waals surface area contributed by atoms with Crippen LogP contribution in [0.1, 0.15) is 18.4 Å². The van der Waals surface area contributed by atoms with Gasteiger partial charge in [-0.05, 0) is 42.9 Å². The fraction of sp³-hybridized carbons (Fsp3) is 0.400. The minimum Gasteiger partial charge on any atom is -0.326 e. The van der Waals surface area contributed by atoms with Crippen LogP contribution in [0.4, 0.5) is 18.9 Å². The van der Waals surface area contributed by atoms with Crippen LogP contribution in [0.2, 0.25) is 0 Å². The van der Waals surface area contributed by atoms with Crippen molar-refractivity contribution < 1.29 is 18.0 Å². The Morgan fingerprint density at radius 3 is 2.60 bits per heavy atom. The van der Waals surface area contributed by atoms with Gasteiger partial charge in [0.05, 0.1) is 5.56 Å². The van der Waals surface area contributed by atoms with E-state index in [1.807, 2.05) is 6.08 Å². The van der Waals surface area contributed by atoms with Crippen LogP contribution in [0.3, 0.4) is 0 Å². The second-order valence-electron chi connectivity index (χ2n) is 5.45. The third-order valence-corrected chi connectivity index (χ3v) is 4.07. The number of benzene rings is 1. The van der Waals surface area contributed by atoms with E-state index < -0.39 is 11.7 Å². The highest BCUT2D eigenvalue weighted by atomic mass is 19.4. The van der Waals surface area contributed by atoms with Crippen molar-refractivity contribution in [2.45, 2.75) is 19.0 Å². The summed E-state index contributed by atoms with van der Waals surface area (Å²) in [5.74, 6) is 0.406. The predicted octanol–water partition coefficient (Wildman–Crippen LogP) is 3.86. The topological polar surface area (TPSA) is 29.1 Å². The lowest BCUT2D eigenvalue weighted by atomic mass is 9.93. The third kappa shape index (κ3) is 2.44. The first-order chi connectivity index (χ1) is 9.43. The zero-order chi connectivity index (χ0) is 14.3. The standard InChI is InChI=1S/C15H14F3NO/c16-15(17,18)11-2-1-3-12(8-11)19-14(20)13-7-9-4-5-10(13)6-9/h1-5,8-10,13H,6-7H2,(H,19,20). The van der Waals surface area contributed by atoms with E-state index in [1.165, 1.54) is 12.1 Å². The Bertz CT molecular complexity index is 564. The molecule has 1 aromatic carbocycles. The Labute approximate surface area is 114 Å². The second-order valence-corrected chi connectivity index (χ2v) is 5.45. The number of hydrogen-bond donors (Lipinski definition) is 1. The molecule has 1 N–H and O–H groups in total. The predicted molar refractivity (Wildman–Crippen MR) is 68.9 cm³/mol. The van der Waals surface area contributed by atoms with Crippen LogP contribution in [0.5, 0.6) is 0 Å². The molecule has 0 saturated heterocycles. The van der Waals surface area contributed by atoms with E-state index in [9.17, 15) is 18.0 Å². The van der Waals surface area contributed by atoms with Crippen molar-refractivity contribution in [1.82, 2.24) is 0 Å². The molecule has 0 heterocycles. The maximum absolute atomic E-state index is 12.6. The molecule has 3 rings (SSSR count). The van der Waals surface area contributed by atoms with Crippen LogP contribution >= 0.6 is 0 Å². The van der Waals surface area contributed by atoms with E-state index in [0.29, 0.717) is 5.92 Å². The molecule has 2 nitrogen and oxygen atoms in total. The van der Waals surface area contributed by atoms with Crippen molar-refractivity contribution in [3.05, 3.63) is 42.0 Å². The summed E-state index contributed by atoms with van der Waals surface area (Å²) in [6.07, 6.45) is 1.56. The van der Waals surface area contributed by atoms with Gasteiger partial charge < -0.3 is 5.32 Å². The average Bonchev–Trinajstić information content (AvgIpc) is 3.00. The molecule has 3 unspecified atom stereocenters. The summed E-state index contributed by atoms with van der Waals surface area (Å²) in [6.45, 7) is 0. The maximum Gasteiger partial charge on any atom is 0.416 e. The number of halogens is 3. The minimum absolute atomic E-state index is 0.112. The molecule has 0 spiro atoms. The number of carbonyl (C=O) groups is 1. The molecule has 1 amide bonds. The number of anilines is 1. The SMILES string of the molecule is O=C(Nc1cccc(C(F)(F)F)c1)C1CC2C=CC1C2. The number of allylic oxidation sites excluding steroid dienone is 2. The summed E-state index contributed by atoms with van der Waals surface area (Å²) < 4.78 is 37.8. The molecule has 20 heavy (non-hydrogen) atoms. The van der Waals surface area contributed by atoms with Gasteiger partial charge in [-0.15, -0.1) is 0 Å². The lowest BCUT2D eigenvalue weighted by molar-refractivity contribution is -0.137. The molecule has 2 aliphatic rings. The van der Waals surface area contributed by atoms with Gasteiger partial charge in [0.15, 0.2) is 0 Å². The number of alkyl halides is 3. The number of carbonyl (C=O) groups excluding carboxylic acids is 1. The Morgan fingerprint density at radius 2 is 2.00 bits per heavy atom. The largest absolute Gasteiger partial charge is 0.416 e. The number of rotatable bonds is 2. The zero-order valence-electron chi connectivity index (χ0n) is 10.7. The fourth-order valence-electron chi connectivity index (χ4n) is 3.09. The number of amides is 1. The van der Waals surface area contributed by atoms with Gasteiger partial charge in [-0.1, -0.05) is 18.2 Å². The van der Waals surface area contributed by atoms with Gasteiger partial charge >= 0.3 is 6.18 Å². The number of hydrogen-bond acceptors (Lipinski definition) is 1. The van der Waals surface area contributed by atoms with E-state index in [0.717, 1.165) is 25.0 Å². The molecule has 0 aromatic heterocycles. The summed E-state index contributed by atoms with van der Waals surface area (Å²) in [5.41, 5.74) is -0.542. The molecular weight excluding hydrogens is 267 g/mol. The van der Waals surface area contributed by atoms with Crippen LogP contribution in [-0.4, -0.2) is 5.91 Å². The van der Waals surface area contributed by atoms with Crippen LogP contribution in [0.25, 0.3) is 0 Å². The molecule has 2 aliphatic carbocycles. The van der Waals surface area contributed by atoms with E-state index >= 15 is 0 Å². The van der Waals surface area contributed by atoms with Crippen molar-refractivity contribution in [2.75, 3.05) is 5.32 Å². The van der Waals surface area contributed by atoms with E-state index in [2.05, 4.69) is 11.4 Å². The van der Waals surface area contributed by atoms with Gasteiger partial charge in [-0.3, -0.25) is 4.79 Å². The first-order valence-corrected chi connectivity index (χ1v) is 6.60. The van der Waals surface area contributed by atoms with Gasteiger partial charge in [0.25, 0.3) is 0 Å². The van der Waals surface area contributed by atoms with Crippen molar-refractivity contribution in [3.8, 4) is 0 Å². The normalized spacial score (nSPS) is 27.9. The van der Waals surface area contributed by atoms with Gasteiger partial charge in [0.2, 0.25) is 5.91 Å². The van der Waals surface area contributed by atoms with Gasteiger partial charge in [-0.25, -0.2) is 0 Å². The monoisotopic (exact) mass is 281 g/mol. The van der Waals surface area contributed by atoms with Crippen LogP contribution in [0, 0.1) is 17.8 Å². The first kappa shape index (κ1) is 13.2. The molecule has 5 heteroatoms. The molecule has 106 valence electrons. The van der Waals surface area contributed by atoms with E-state index in [1.54, 1.807) is 0 Å². The van der Waals surface area contributed by atoms with E-state index in [4.69, 9.17) is 0 Å². The lowest BCUT2D eigenvalue weighted by Gasteiger charge is -2.18. The highest BCUT2D eigenvalue weighted by molar-refractivity contribution is 5.93. The average molecular weight is 281 g/mol. The van der Waals surface area contributed by atoms with Gasteiger partial charge in [-0.2, -0.15) is 13.2 Å². The molecule has 1 saturated carbocycles. The van der Waals surface area contributed by atoms with Gasteiger partial charge in [0.1, 0.15) is 0 Å².